The Bertz CT molecular complexity index is 690. The van der Waals surface area contributed by atoms with Gasteiger partial charge in [-0.05, 0) is 50.0 Å². The molecule has 1 N–H and O–H groups in total. The first-order valence-electron chi connectivity index (χ1n) is 8.63. The molecular formula is C18H22N2O5. The zero-order chi connectivity index (χ0) is 18.0. The number of fused-ring (bicyclic) bond motifs is 2. The highest BCUT2D eigenvalue weighted by Gasteiger charge is 2.42. The van der Waals surface area contributed by atoms with Gasteiger partial charge in [0.05, 0.1) is 10.5 Å². The molecule has 2 bridgehead atoms. The number of aldehydes is 1. The summed E-state index contributed by atoms with van der Waals surface area (Å²) in [5.74, 6) is 2.00. The van der Waals surface area contributed by atoms with Crippen LogP contribution in [0.1, 0.15) is 43.0 Å². The maximum absolute atomic E-state index is 12.1. The van der Waals surface area contributed by atoms with Gasteiger partial charge in [-0.15, -0.1) is 0 Å². The van der Waals surface area contributed by atoms with Gasteiger partial charge in [0.2, 0.25) is 0 Å². The molecule has 4 unspecified atom stereocenters. The van der Waals surface area contributed by atoms with Crippen molar-refractivity contribution in [2.75, 3.05) is 6.61 Å². The number of rotatable bonds is 7. The van der Waals surface area contributed by atoms with Crippen LogP contribution in [0.15, 0.2) is 18.2 Å². The Labute approximate surface area is 145 Å². The number of ether oxygens (including phenoxy) is 1. The Morgan fingerprint density at radius 3 is 2.84 bits per heavy atom. The molecule has 4 atom stereocenters. The second kappa shape index (κ2) is 7.21. The van der Waals surface area contributed by atoms with E-state index in [9.17, 15) is 19.7 Å². The van der Waals surface area contributed by atoms with Crippen LogP contribution in [0.3, 0.4) is 0 Å². The molecule has 0 spiro atoms. The van der Waals surface area contributed by atoms with Crippen molar-refractivity contribution in [3.63, 3.8) is 0 Å². The number of carbonyl (C=O) groups is 2. The molecule has 0 aromatic heterocycles. The number of nitrogens with zero attached hydrogens (tertiary/aromatic N) is 1. The lowest BCUT2D eigenvalue weighted by atomic mass is 9.84. The smallest absolute Gasteiger partial charge is 0.270 e. The number of amides is 1. The number of nitro benzene ring substituents is 1. The summed E-state index contributed by atoms with van der Waals surface area (Å²) in [6, 6.07) is 3.83. The summed E-state index contributed by atoms with van der Waals surface area (Å²) in [6.45, 7) is 1.82. The van der Waals surface area contributed by atoms with Crippen LogP contribution in [0.4, 0.5) is 5.69 Å². The number of benzene rings is 1. The molecule has 1 amide bonds. The topological polar surface area (TPSA) is 98.5 Å². The Kier molecular flexibility index (Phi) is 5.01. The molecule has 2 aliphatic carbocycles. The molecule has 2 saturated carbocycles. The van der Waals surface area contributed by atoms with E-state index < -0.39 is 4.92 Å². The van der Waals surface area contributed by atoms with E-state index in [0.717, 1.165) is 17.9 Å². The van der Waals surface area contributed by atoms with E-state index in [1.54, 1.807) is 0 Å². The minimum atomic E-state index is -0.583. The fourth-order valence-electron chi connectivity index (χ4n) is 4.33. The van der Waals surface area contributed by atoms with Gasteiger partial charge < -0.3 is 10.1 Å². The fraction of sp³-hybridized carbons (Fsp3) is 0.556. The minimum absolute atomic E-state index is 0.0585. The van der Waals surface area contributed by atoms with Gasteiger partial charge in [-0.25, -0.2) is 0 Å². The van der Waals surface area contributed by atoms with Crippen molar-refractivity contribution >= 4 is 17.9 Å². The Hall–Kier alpha value is -2.44. The van der Waals surface area contributed by atoms with Crippen LogP contribution in [0.5, 0.6) is 5.75 Å². The first-order valence-corrected chi connectivity index (χ1v) is 8.63. The molecule has 7 nitrogen and oxygen atoms in total. The molecule has 3 rings (SSSR count). The van der Waals surface area contributed by atoms with Crippen molar-refractivity contribution in [1.29, 1.82) is 0 Å². The zero-order valence-electron chi connectivity index (χ0n) is 14.1. The van der Waals surface area contributed by atoms with Gasteiger partial charge in [-0.2, -0.15) is 0 Å². The maximum Gasteiger partial charge on any atom is 0.270 e. The van der Waals surface area contributed by atoms with Crippen molar-refractivity contribution in [3.8, 4) is 5.75 Å². The Morgan fingerprint density at radius 2 is 2.24 bits per heavy atom. The number of non-ortho nitro benzene ring substituents is 1. The fourth-order valence-corrected chi connectivity index (χ4v) is 4.33. The predicted octanol–water partition coefficient (Wildman–Crippen LogP) is 2.73. The van der Waals surface area contributed by atoms with Crippen LogP contribution in [0.25, 0.3) is 0 Å². The monoisotopic (exact) mass is 346 g/mol. The molecule has 134 valence electrons. The molecule has 2 aliphatic rings. The lowest BCUT2D eigenvalue weighted by Gasteiger charge is -2.28. The van der Waals surface area contributed by atoms with E-state index in [-0.39, 0.29) is 35.6 Å². The van der Waals surface area contributed by atoms with Gasteiger partial charge in [-0.1, -0.05) is 6.42 Å². The van der Waals surface area contributed by atoms with Crippen LogP contribution in [0, 0.1) is 27.9 Å². The normalized spacial score (nSPS) is 25.4. The third-order valence-corrected chi connectivity index (χ3v) is 5.51. The molecule has 1 aromatic rings. The van der Waals surface area contributed by atoms with Crippen LogP contribution < -0.4 is 10.1 Å². The van der Waals surface area contributed by atoms with E-state index in [1.807, 2.05) is 6.92 Å². The van der Waals surface area contributed by atoms with Crippen molar-refractivity contribution in [2.24, 2.45) is 17.8 Å². The van der Waals surface area contributed by atoms with Crippen LogP contribution in [-0.4, -0.2) is 29.8 Å². The number of hydrogen-bond acceptors (Lipinski definition) is 5. The minimum Gasteiger partial charge on any atom is -0.483 e. The van der Waals surface area contributed by atoms with Crippen molar-refractivity contribution in [1.82, 2.24) is 5.32 Å². The summed E-state index contributed by atoms with van der Waals surface area (Å²) in [6.07, 6.45) is 5.53. The Morgan fingerprint density at radius 1 is 1.44 bits per heavy atom. The second-order valence-corrected chi connectivity index (χ2v) is 7.08. The molecule has 1 aromatic carbocycles. The van der Waals surface area contributed by atoms with Gasteiger partial charge in [0.15, 0.2) is 12.9 Å². The highest BCUT2D eigenvalue weighted by molar-refractivity contribution is 5.82. The number of nitro groups is 1. The molecule has 0 saturated heterocycles. The SMILES string of the molecule is CC(NC(=O)COc1ccc([N+](=O)[O-])cc1C=O)C1CC2CCC1C2. The number of hydrogen-bond donors (Lipinski definition) is 1. The first kappa shape index (κ1) is 17.4. The standard InChI is InChI=1S/C18H22N2O5/c1-11(16-7-12-2-3-13(16)6-12)19-18(22)10-25-17-5-4-15(20(23)24)8-14(17)9-21/h4-5,8-9,11-13,16H,2-3,6-7,10H2,1H3,(H,19,22). The third kappa shape index (κ3) is 3.81. The summed E-state index contributed by atoms with van der Waals surface area (Å²) < 4.78 is 5.38. The summed E-state index contributed by atoms with van der Waals surface area (Å²) in [7, 11) is 0. The lowest BCUT2D eigenvalue weighted by Crippen LogP contribution is -2.42. The molecule has 0 heterocycles. The van der Waals surface area contributed by atoms with E-state index in [2.05, 4.69) is 5.32 Å². The van der Waals surface area contributed by atoms with E-state index >= 15 is 0 Å². The van der Waals surface area contributed by atoms with E-state index in [4.69, 9.17) is 4.74 Å². The molecule has 25 heavy (non-hydrogen) atoms. The summed E-state index contributed by atoms with van der Waals surface area (Å²) in [5.41, 5.74) is -0.132. The molecule has 0 radical (unpaired) electrons. The van der Waals surface area contributed by atoms with E-state index in [1.165, 1.54) is 37.8 Å². The van der Waals surface area contributed by atoms with Crippen LogP contribution in [0.2, 0.25) is 0 Å². The second-order valence-electron chi connectivity index (χ2n) is 7.08. The van der Waals surface area contributed by atoms with Crippen molar-refractivity contribution < 1.29 is 19.2 Å². The lowest BCUT2D eigenvalue weighted by molar-refractivity contribution is -0.384. The average molecular weight is 346 g/mol. The predicted molar refractivity (Wildman–Crippen MR) is 90.5 cm³/mol. The molecule has 0 aliphatic heterocycles. The highest BCUT2D eigenvalue weighted by Crippen LogP contribution is 2.49. The molecule has 7 heteroatoms. The van der Waals surface area contributed by atoms with Crippen molar-refractivity contribution in [3.05, 3.63) is 33.9 Å². The molecular weight excluding hydrogens is 324 g/mol. The van der Waals surface area contributed by atoms with Crippen LogP contribution >= 0.6 is 0 Å². The van der Waals surface area contributed by atoms with Crippen molar-refractivity contribution in [2.45, 2.75) is 38.6 Å². The summed E-state index contributed by atoms with van der Waals surface area (Å²) in [5, 5.41) is 13.7. The quantitative estimate of drug-likeness (QED) is 0.465. The molecule has 2 fully saturated rings. The summed E-state index contributed by atoms with van der Waals surface area (Å²) in [4.78, 5) is 33.4. The number of nitrogens with one attached hydrogen (secondary N) is 1. The third-order valence-electron chi connectivity index (χ3n) is 5.51. The number of carbonyl (C=O) groups excluding carboxylic acids is 2. The first-order chi connectivity index (χ1) is 12.0. The zero-order valence-corrected chi connectivity index (χ0v) is 14.1. The van der Waals surface area contributed by atoms with Gasteiger partial charge in [-0.3, -0.25) is 19.7 Å². The largest absolute Gasteiger partial charge is 0.483 e. The van der Waals surface area contributed by atoms with Crippen LogP contribution in [-0.2, 0) is 4.79 Å². The van der Waals surface area contributed by atoms with Gasteiger partial charge in [0.1, 0.15) is 5.75 Å². The maximum atomic E-state index is 12.1. The van der Waals surface area contributed by atoms with Gasteiger partial charge in [0, 0.05) is 18.2 Å². The average Bonchev–Trinajstić information content (AvgIpc) is 3.23. The Balaban J connectivity index is 1.53. The highest BCUT2D eigenvalue weighted by atomic mass is 16.6. The van der Waals surface area contributed by atoms with Gasteiger partial charge >= 0.3 is 0 Å². The van der Waals surface area contributed by atoms with E-state index in [0.29, 0.717) is 12.2 Å². The van der Waals surface area contributed by atoms with Gasteiger partial charge in [0.25, 0.3) is 11.6 Å². The summed E-state index contributed by atoms with van der Waals surface area (Å²) >= 11 is 0.